The van der Waals surface area contributed by atoms with Gasteiger partial charge < -0.3 is 9.84 Å². The molecule has 0 amide bonds. The van der Waals surface area contributed by atoms with Crippen molar-refractivity contribution in [3.8, 4) is 5.75 Å². The van der Waals surface area contributed by atoms with Crippen molar-refractivity contribution in [2.24, 2.45) is 0 Å². The predicted molar refractivity (Wildman–Crippen MR) is 58.7 cm³/mol. The highest BCUT2D eigenvalue weighted by atomic mass is 35.5. The van der Waals surface area contributed by atoms with Gasteiger partial charge in [0.1, 0.15) is 5.75 Å². The Kier molecular flexibility index (Phi) is 3.58. The minimum absolute atomic E-state index is 0.592. The summed E-state index contributed by atoms with van der Waals surface area (Å²) in [5.41, 5.74) is 1.68. The number of ether oxygens (including phenoxy) is 1. The Bertz CT molecular complexity index is 364. The fourth-order valence-electron chi connectivity index (χ4n) is 1.31. The summed E-state index contributed by atoms with van der Waals surface area (Å²) in [6.07, 6.45) is -0.858. The summed E-state index contributed by atoms with van der Waals surface area (Å²) < 4.78 is 5.33. The SMILES string of the molecule is Cc1cc(Cl)cc(C)c1O[C@@H](C)C(=O)O. The second-order valence-electron chi connectivity index (χ2n) is 3.47. The van der Waals surface area contributed by atoms with Crippen LogP contribution in [0.5, 0.6) is 5.75 Å². The Morgan fingerprint density at radius 3 is 2.27 bits per heavy atom. The smallest absolute Gasteiger partial charge is 0.344 e. The molecule has 0 aliphatic carbocycles. The summed E-state index contributed by atoms with van der Waals surface area (Å²) in [6.45, 7) is 5.17. The van der Waals surface area contributed by atoms with Crippen LogP contribution in [0.15, 0.2) is 12.1 Å². The maximum atomic E-state index is 10.6. The van der Waals surface area contributed by atoms with E-state index in [1.54, 1.807) is 12.1 Å². The molecule has 0 radical (unpaired) electrons. The first-order valence-corrected chi connectivity index (χ1v) is 4.96. The largest absolute Gasteiger partial charge is 0.479 e. The molecule has 3 nitrogen and oxygen atoms in total. The minimum Gasteiger partial charge on any atom is -0.479 e. The fraction of sp³-hybridized carbons (Fsp3) is 0.364. The molecule has 15 heavy (non-hydrogen) atoms. The lowest BCUT2D eigenvalue weighted by molar-refractivity contribution is -0.144. The fourth-order valence-corrected chi connectivity index (χ4v) is 1.64. The molecule has 0 aliphatic rings. The Morgan fingerprint density at radius 1 is 1.40 bits per heavy atom. The van der Waals surface area contributed by atoms with E-state index in [1.165, 1.54) is 6.92 Å². The summed E-state index contributed by atoms with van der Waals surface area (Å²) in [4.78, 5) is 10.6. The molecule has 4 heteroatoms. The molecule has 0 spiro atoms. The number of hydrogen-bond acceptors (Lipinski definition) is 2. The molecular formula is C11H13ClO3. The quantitative estimate of drug-likeness (QED) is 0.866. The first-order chi connectivity index (χ1) is 6.91. The van der Waals surface area contributed by atoms with Gasteiger partial charge in [-0.05, 0) is 44.0 Å². The molecule has 0 unspecified atom stereocenters. The molecule has 1 N–H and O–H groups in total. The molecule has 1 atom stereocenters. The zero-order valence-electron chi connectivity index (χ0n) is 8.87. The Morgan fingerprint density at radius 2 is 1.87 bits per heavy atom. The lowest BCUT2D eigenvalue weighted by Gasteiger charge is -2.15. The number of carboxylic acids is 1. The van der Waals surface area contributed by atoms with Crippen molar-refractivity contribution in [3.63, 3.8) is 0 Å². The van der Waals surface area contributed by atoms with E-state index in [-0.39, 0.29) is 0 Å². The van der Waals surface area contributed by atoms with Gasteiger partial charge in [-0.1, -0.05) is 11.6 Å². The molecule has 0 aromatic heterocycles. The Labute approximate surface area is 93.6 Å². The second kappa shape index (κ2) is 4.53. The van der Waals surface area contributed by atoms with Crippen LogP contribution < -0.4 is 4.74 Å². The van der Waals surface area contributed by atoms with Gasteiger partial charge in [0.2, 0.25) is 0 Å². The van der Waals surface area contributed by atoms with Crippen molar-refractivity contribution in [3.05, 3.63) is 28.3 Å². The van der Waals surface area contributed by atoms with Gasteiger partial charge in [0.05, 0.1) is 0 Å². The zero-order valence-corrected chi connectivity index (χ0v) is 9.63. The first kappa shape index (κ1) is 11.9. The van der Waals surface area contributed by atoms with Crippen LogP contribution in [-0.2, 0) is 4.79 Å². The number of halogens is 1. The highest BCUT2D eigenvalue weighted by molar-refractivity contribution is 6.30. The summed E-state index contributed by atoms with van der Waals surface area (Å²) in [5, 5.41) is 9.35. The molecule has 1 aromatic rings. The molecular weight excluding hydrogens is 216 g/mol. The van der Waals surface area contributed by atoms with Crippen LogP contribution in [0.25, 0.3) is 0 Å². The molecule has 0 saturated heterocycles. The van der Waals surface area contributed by atoms with Crippen molar-refractivity contribution in [1.82, 2.24) is 0 Å². The maximum absolute atomic E-state index is 10.6. The number of carboxylic acid groups (broad SMARTS) is 1. The molecule has 0 aliphatic heterocycles. The standard InChI is InChI=1S/C11H13ClO3/c1-6-4-9(12)5-7(2)10(6)15-8(3)11(13)14/h4-5,8H,1-3H3,(H,13,14)/t8-/m0/s1. The molecule has 82 valence electrons. The number of benzene rings is 1. The summed E-state index contributed by atoms with van der Waals surface area (Å²) in [6, 6.07) is 3.50. The first-order valence-electron chi connectivity index (χ1n) is 4.58. The molecule has 1 aromatic carbocycles. The third-order valence-electron chi connectivity index (χ3n) is 2.07. The van der Waals surface area contributed by atoms with Crippen LogP contribution in [0.4, 0.5) is 0 Å². The van der Waals surface area contributed by atoms with Gasteiger partial charge in [-0.2, -0.15) is 0 Å². The lowest BCUT2D eigenvalue weighted by Crippen LogP contribution is -2.23. The second-order valence-corrected chi connectivity index (χ2v) is 3.90. The topological polar surface area (TPSA) is 46.5 Å². The molecule has 0 fully saturated rings. The van der Waals surface area contributed by atoms with Gasteiger partial charge in [-0.3, -0.25) is 0 Å². The lowest BCUT2D eigenvalue weighted by atomic mass is 10.1. The summed E-state index contributed by atoms with van der Waals surface area (Å²) in [5.74, 6) is -0.391. The van der Waals surface area contributed by atoms with Crippen LogP contribution in [0.2, 0.25) is 5.02 Å². The van der Waals surface area contributed by atoms with Gasteiger partial charge in [0.15, 0.2) is 6.10 Å². The maximum Gasteiger partial charge on any atom is 0.344 e. The van der Waals surface area contributed by atoms with Crippen molar-refractivity contribution in [2.75, 3.05) is 0 Å². The average Bonchev–Trinajstić information content (AvgIpc) is 2.10. The van der Waals surface area contributed by atoms with Gasteiger partial charge in [0, 0.05) is 5.02 Å². The predicted octanol–water partition coefficient (Wildman–Crippen LogP) is 2.81. The van der Waals surface area contributed by atoms with Gasteiger partial charge in [-0.15, -0.1) is 0 Å². The zero-order chi connectivity index (χ0) is 11.6. The highest BCUT2D eigenvalue weighted by Gasteiger charge is 2.15. The van der Waals surface area contributed by atoms with Crippen LogP contribution in [0.1, 0.15) is 18.1 Å². The number of carbonyl (C=O) groups is 1. The third-order valence-corrected chi connectivity index (χ3v) is 2.29. The third kappa shape index (κ3) is 2.86. The highest BCUT2D eigenvalue weighted by Crippen LogP contribution is 2.27. The van der Waals surface area contributed by atoms with E-state index in [9.17, 15) is 4.79 Å². The molecule has 1 rings (SSSR count). The molecule has 0 bridgehead atoms. The summed E-state index contributed by atoms with van der Waals surface area (Å²) >= 11 is 5.85. The normalized spacial score (nSPS) is 12.3. The van der Waals surface area contributed by atoms with Gasteiger partial charge in [0.25, 0.3) is 0 Å². The average molecular weight is 229 g/mol. The van der Waals surface area contributed by atoms with Crippen molar-refractivity contribution >= 4 is 17.6 Å². The van der Waals surface area contributed by atoms with Crippen molar-refractivity contribution < 1.29 is 14.6 Å². The molecule has 0 heterocycles. The van der Waals surface area contributed by atoms with E-state index in [0.717, 1.165) is 11.1 Å². The van der Waals surface area contributed by atoms with E-state index in [1.807, 2.05) is 13.8 Å². The van der Waals surface area contributed by atoms with E-state index < -0.39 is 12.1 Å². The van der Waals surface area contributed by atoms with Crippen LogP contribution >= 0.6 is 11.6 Å². The van der Waals surface area contributed by atoms with E-state index in [4.69, 9.17) is 21.4 Å². The van der Waals surface area contributed by atoms with E-state index in [2.05, 4.69) is 0 Å². The number of aliphatic carboxylic acids is 1. The summed E-state index contributed by atoms with van der Waals surface area (Å²) in [7, 11) is 0. The van der Waals surface area contributed by atoms with E-state index >= 15 is 0 Å². The Balaban J connectivity index is 3.00. The minimum atomic E-state index is -0.983. The van der Waals surface area contributed by atoms with Gasteiger partial charge >= 0.3 is 5.97 Å². The monoisotopic (exact) mass is 228 g/mol. The number of rotatable bonds is 3. The number of aryl methyl sites for hydroxylation is 2. The molecule has 0 saturated carbocycles. The van der Waals surface area contributed by atoms with Crippen molar-refractivity contribution in [2.45, 2.75) is 26.9 Å². The van der Waals surface area contributed by atoms with Crippen LogP contribution in [0.3, 0.4) is 0 Å². The van der Waals surface area contributed by atoms with Crippen LogP contribution in [0, 0.1) is 13.8 Å². The van der Waals surface area contributed by atoms with E-state index in [0.29, 0.717) is 10.8 Å². The van der Waals surface area contributed by atoms with Crippen LogP contribution in [-0.4, -0.2) is 17.2 Å². The van der Waals surface area contributed by atoms with Gasteiger partial charge in [-0.25, -0.2) is 4.79 Å². The number of hydrogen-bond donors (Lipinski definition) is 1. The Hall–Kier alpha value is -1.22. The van der Waals surface area contributed by atoms with Crippen molar-refractivity contribution in [1.29, 1.82) is 0 Å².